The van der Waals surface area contributed by atoms with Crippen LogP contribution in [0.3, 0.4) is 0 Å². The number of rotatable bonds is 2. The summed E-state index contributed by atoms with van der Waals surface area (Å²) in [6, 6.07) is -0.615. The van der Waals surface area contributed by atoms with Gasteiger partial charge in [-0.05, 0) is 12.8 Å². The van der Waals surface area contributed by atoms with Gasteiger partial charge in [-0.25, -0.2) is 4.79 Å². The Kier molecular flexibility index (Phi) is 2.57. The van der Waals surface area contributed by atoms with Crippen LogP contribution in [-0.2, 0) is 9.59 Å². The Morgan fingerprint density at radius 1 is 1.31 bits per heavy atom. The summed E-state index contributed by atoms with van der Waals surface area (Å²) in [5.74, 6) is -1.84. The predicted octanol–water partition coefficient (Wildman–Crippen LogP) is -1.01. The van der Waals surface area contributed by atoms with E-state index in [1.54, 1.807) is 0 Å². The maximum Gasteiger partial charge on any atom is 0.325 e. The van der Waals surface area contributed by atoms with E-state index in [0.717, 1.165) is 24.2 Å². The summed E-state index contributed by atoms with van der Waals surface area (Å²) in [7, 11) is 0. The van der Waals surface area contributed by atoms with Crippen molar-refractivity contribution in [1.82, 2.24) is 10.2 Å². The van der Waals surface area contributed by atoms with E-state index in [1.165, 1.54) is 0 Å². The molecule has 0 aromatic rings. The molecule has 88 valence electrons. The van der Waals surface area contributed by atoms with Gasteiger partial charge in [-0.3, -0.25) is 9.69 Å². The van der Waals surface area contributed by atoms with Crippen molar-refractivity contribution < 1.29 is 19.5 Å². The van der Waals surface area contributed by atoms with Crippen LogP contribution in [0.1, 0.15) is 32.1 Å². The molecule has 6 nitrogen and oxygen atoms in total. The zero-order valence-corrected chi connectivity index (χ0v) is 8.82. The minimum absolute atomic E-state index is 0.415. The second-order valence-electron chi connectivity index (χ2n) is 4.34. The number of carboxylic acid groups (broad SMARTS) is 1. The Balaban J connectivity index is 2.17. The van der Waals surface area contributed by atoms with Crippen LogP contribution in [0.5, 0.6) is 0 Å². The molecule has 0 bridgehead atoms. The van der Waals surface area contributed by atoms with Gasteiger partial charge in [-0.2, -0.15) is 0 Å². The van der Waals surface area contributed by atoms with Gasteiger partial charge in [-0.15, -0.1) is 0 Å². The van der Waals surface area contributed by atoms with Crippen molar-refractivity contribution in [3.8, 4) is 0 Å². The zero-order valence-electron chi connectivity index (χ0n) is 8.82. The third kappa shape index (κ3) is 1.64. The van der Waals surface area contributed by atoms with Gasteiger partial charge in [0.1, 0.15) is 5.54 Å². The van der Waals surface area contributed by atoms with Gasteiger partial charge in [-0.1, -0.05) is 19.3 Å². The molecule has 2 aliphatic rings. The number of amides is 3. The maximum absolute atomic E-state index is 12.0. The Morgan fingerprint density at radius 3 is 2.50 bits per heavy atom. The molecular formula is C10H13N2O4-. The number of carboxylic acids is 1. The quantitative estimate of drug-likeness (QED) is 0.610. The van der Waals surface area contributed by atoms with E-state index in [0.29, 0.717) is 12.8 Å². The third-order valence-electron chi connectivity index (χ3n) is 3.24. The molecule has 1 aliphatic carbocycles. The Hall–Kier alpha value is -1.59. The number of hydrogen-bond acceptors (Lipinski definition) is 4. The molecule has 3 amide bonds. The van der Waals surface area contributed by atoms with Crippen LogP contribution in [-0.4, -0.2) is 34.9 Å². The standard InChI is InChI=1S/C10H14N2O4/c13-7(14)6-12-8(15)10(11-9(12)16)4-2-1-3-5-10/h1-6H2,(H,11,16)(H,13,14)/p-1. The van der Waals surface area contributed by atoms with E-state index in [-0.39, 0.29) is 0 Å². The molecule has 0 aromatic heterocycles. The van der Waals surface area contributed by atoms with Crippen LogP contribution in [0.4, 0.5) is 4.79 Å². The number of carbonyl (C=O) groups excluding carboxylic acids is 3. The molecule has 6 heteroatoms. The average Bonchev–Trinajstić information content (AvgIpc) is 2.44. The molecule has 1 heterocycles. The smallest absolute Gasteiger partial charge is 0.325 e. The lowest BCUT2D eigenvalue weighted by molar-refractivity contribution is -0.305. The fourth-order valence-electron chi connectivity index (χ4n) is 2.44. The molecule has 2 rings (SSSR count). The number of nitrogens with one attached hydrogen (secondary N) is 1. The minimum atomic E-state index is -1.42. The summed E-state index contributed by atoms with van der Waals surface area (Å²) in [4.78, 5) is 34.6. The Morgan fingerprint density at radius 2 is 1.94 bits per heavy atom. The van der Waals surface area contributed by atoms with E-state index in [4.69, 9.17) is 0 Å². The van der Waals surface area contributed by atoms with Gasteiger partial charge < -0.3 is 15.2 Å². The first-order valence-electron chi connectivity index (χ1n) is 5.39. The molecule has 2 fully saturated rings. The summed E-state index contributed by atoms with van der Waals surface area (Å²) in [5.41, 5.74) is -0.842. The molecule has 1 aliphatic heterocycles. The van der Waals surface area contributed by atoms with E-state index >= 15 is 0 Å². The molecule has 0 radical (unpaired) electrons. The third-order valence-corrected chi connectivity index (χ3v) is 3.24. The highest BCUT2D eigenvalue weighted by molar-refractivity contribution is 6.08. The first kappa shape index (κ1) is 10.9. The molecule has 1 N–H and O–H groups in total. The van der Waals surface area contributed by atoms with Crippen molar-refractivity contribution in [3.63, 3.8) is 0 Å². The lowest BCUT2D eigenvalue weighted by Gasteiger charge is -2.30. The van der Waals surface area contributed by atoms with E-state index in [1.807, 2.05) is 0 Å². The monoisotopic (exact) mass is 225 g/mol. The SMILES string of the molecule is O=C([O-])CN1C(=O)NC2(CCCCC2)C1=O. The highest BCUT2D eigenvalue weighted by Crippen LogP contribution is 2.33. The summed E-state index contributed by atoms with van der Waals surface area (Å²) in [6.07, 6.45) is 4.00. The predicted molar refractivity (Wildman–Crippen MR) is 51.1 cm³/mol. The first-order chi connectivity index (χ1) is 7.55. The maximum atomic E-state index is 12.0. The molecule has 16 heavy (non-hydrogen) atoms. The van der Waals surface area contributed by atoms with Crippen LogP contribution in [0.25, 0.3) is 0 Å². The Labute approximate surface area is 92.6 Å². The van der Waals surface area contributed by atoms with E-state index in [9.17, 15) is 19.5 Å². The molecular weight excluding hydrogens is 212 g/mol. The lowest BCUT2D eigenvalue weighted by atomic mass is 9.82. The van der Waals surface area contributed by atoms with Gasteiger partial charge in [0, 0.05) is 0 Å². The lowest BCUT2D eigenvalue weighted by Crippen LogP contribution is -2.49. The first-order valence-corrected chi connectivity index (χ1v) is 5.39. The molecule has 1 spiro atoms. The van der Waals surface area contributed by atoms with Crippen molar-refractivity contribution >= 4 is 17.9 Å². The topological polar surface area (TPSA) is 89.5 Å². The molecule has 1 saturated heterocycles. The second kappa shape index (κ2) is 3.77. The van der Waals surface area contributed by atoms with Crippen molar-refractivity contribution in [1.29, 1.82) is 0 Å². The summed E-state index contributed by atoms with van der Waals surface area (Å²) in [6.45, 7) is -0.660. The number of aliphatic carboxylic acids is 1. The van der Waals surface area contributed by atoms with Gasteiger partial charge >= 0.3 is 6.03 Å². The zero-order chi connectivity index (χ0) is 11.8. The van der Waals surface area contributed by atoms with Crippen LogP contribution in [0.2, 0.25) is 0 Å². The van der Waals surface area contributed by atoms with Crippen LogP contribution >= 0.6 is 0 Å². The number of hydrogen-bond donors (Lipinski definition) is 1. The second-order valence-corrected chi connectivity index (χ2v) is 4.34. The van der Waals surface area contributed by atoms with E-state index in [2.05, 4.69) is 5.32 Å². The van der Waals surface area contributed by atoms with Gasteiger partial charge in [0.25, 0.3) is 5.91 Å². The van der Waals surface area contributed by atoms with Crippen LogP contribution in [0.15, 0.2) is 0 Å². The van der Waals surface area contributed by atoms with Gasteiger partial charge in [0.15, 0.2) is 0 Å². The van der Waals surface area contributed by atoms with Crippen molar-refractivity contribution in [2.24, 2.45) is 0 Å². The van der Waals surface area contributed by atoms with Gasteiger partial charge in [0.2, 0.25) is 0 Å². The minimum Gasteiger partial charge on any atom is -0.548 e. The Bertz CT molecular complexity index is 347. The fraction of sp³-hybridized carbons (Fsp3) is 0.700. The van der Waals surface area contributed by atoms with Crippen molar-refractivity contribution in [2.45, 2.75) is 37.6 Å². The van der Waals surface area contributed by atoms with Crippen LogP contribution in [0, 0.1) is 0 Å². The van der Waals surface area contributed by atoms with Crippen LogP contribution < -0.4 is 10.4 Å². The van der Waals surface area contributed by atoms with Gasteiger partial charge in [0.05, 0.1) is 12.5 Å². The van der Waals surface area contributed by atoms with Crippen molar-refractivity contribution in [2.75, 3.05) is 6.54 Å². The summed E-state index contributed by atoms with van der Waals surface area (Å²) >= 11 is 0. The molecule has 0 atom stereocenters. The molecule has 0 unspecified atom stereocenters. The number of urea groups is 1. The number of imide groups is 1. The average molecular weight is 225 g/mol. The number of nitrogens with zero attached hydrogens (tertiary/aromatic N) is 1. The molecule has 0 aromatic carbocycles. The fourth-order valence-corrected chi connectivity index (χ4v) is 2.44. The molecule has 1 saturated carbocycles. The normalized spacial score (nSPS) is 23.6. The van der Waals surface area contributed by atoms with Crippen molar-refractivity contribution in [3.05, 3.63) is 0 Å². The summed E-state index contributed by atoms with van der Waals surface area (Å²) < 4.78 is 0. The summed E-state index contributed by atoms with van der Waals surface area (Å²) in [5, 5.41) is 13.1. The highest BCUT2D eigenvalue weighted by Gasteiger charge is 2.50. The largest absolute Gasteiger partial charge is 0.548 e. The number of carbonyl (C=O) groups is 3. The van der Waals surface area contributed by atoms with E-state index < -0.39 is 30.0 Å². The highest BCUT2D eigenvalue weighted by atomic mass is 16.4.